The van der Waals surface area contributed by atoms with Crippen LogP contribution in [0.1, 0.15) is 25.7 Å². The summed E-state index contributed by atoms with van der Waals surface area (Å²) < 4.78 is 0. The lowest BCUT2D eigenvalue weighted by Crippen LogP contribution is -2.48. The maximum Gasteiger partial charge on any atom is 0.0112 e. The summed E-state index contributed by atoms with van der Waals surface area (Å²) in [6, 6.07) is 1.78. The van der Waals surface area contributed by atoms with E-state index >= 15 is 0 Å². The van der Waals surface area contributed by atoms with E-state index < -0.39 is 0 Å². The lowest BCUT2D eigenvalue weighted by molar-refractivity contribution is 0.158. The molecule has 0 bridgehead atoms. The third-order valence-corrected chi connectivity index (χ3v) is 3.41. The highest BCUT2D eigenvalue weighted by Crippen LogP contribution is 2.43. The zero-order valence-corrected chi connectivity index (χ0v) is 6.79. The second-order valence-corrected chi connectivity index (χ2v) is 4.27. The molecule has 3 atom stereocenters. The highest BCUT2D eigenvalue weighted by atomic mass is 15.0. The number of hydrogen-bond donors (Lipinski definition) is 1. The zero-order valence-electron chi connectivity index (χ0n) is 6.79. The fourth-order valence-electron chi connectivity index (χ4n) is 2.46. The molecule has 0 aromatic carbocycles. The Balaban J connectivity index is 1.58. The largest absolute Gasteiger partial charge is 0.311 e. The summed E-state index contributed by atoms with van der Waals surface area (Å²) in [5.41, 5.74) is 0. The average molecular weight is 149 g/mol. The summed E-state index contributed by atoms with van der Waals surface area (Å²) in [6.45, 7) is 0. The van der Waals surface area contributed by atoms with Crippen LogP contribution in [0.15, 0.2) is 12.2 Å². The van der Waals surface area contributed by atoms with Gasteiger partial charge >= 0.3 is 0 Å². The molecule has 0 heterocycles. The summed E-state index contributed by atoms with van der Waals surface area (Å²) in [5.74, 6) is 1.93. The van der Waals surface area contributed by atoms with Crippen LogP contribution in [0, 0.1) is 11.8 Å². The Hall–Kier alpha value is -0.300. The van der Waals surface area contributed by atoms with Gasteiger partial charge in [-0.3, -0.25) is 0 Å². The molecule has 0 amide bonds. The van der Waals surface area contributed by atoms with Crippen LogP contribution in [0.25, 0.3) is 0 Å². The van der Waals surface area contributed by atoms with Crippen molar-refractivity contribution >= 4 is 0 Å². The van der Waals surface area contributed by atoms with Crippen molar-refractivity contribution in [2.24, 2.45) is 11.8 Å². The molecule has 0 aromatic rings. The SMILES string of the molecule is C1=C[C@@H]2CC(NC3CC3)[C@@H]2C1. The molecule has 0 saturated heterocycles. The van der Waals surface area contributed by atoms with Gasteiger partial charge in [-0.15, -0.1) is 0 Å². The molecule has 3 aliphatic rings. The fourth-order valence-corrected chi connectivity index (χ4v) is 2.46. The Morgan fingerprint density at radius 1 is 1.27 bits per heavy atom. The topological polar surface area (TPSA) is 12.0 Å². The van der Waals surface area contributed by atoms with Gasteiger partial charge in [-0.25, -0.2) is 0 Å². The molecule has 0 aliphatic heterocycles. The molecule has 3 aliphatic carbocycles. The van der Waals surface area contributed by atoms with Crippen LogP contribution in [-0.4, -0.2) is 12.1 Å². The summed E-state index contributed by atoms with van der Waals surface area (Å²) >= 11 is 0. The van der Waals surface area contributed by atoms with Crippen LogP contribution in [0.5, 0.6) is 0 Å². The van der Waals surface area contributed by atoms with Gasteiger partial charge in [0.25, 0.3) is 0 Å². The van der Waals surface area contributed by atoms with Crippen LogP contribution in [-0.2, 0) is 0 Å². The fraction of sp³-hybridized carbons (Fsp3) is 0.800. The molecule has 1 N–H and O–H groups in total. The van der Waals surface area contributed by atoms with Crippen molar-refractivity contribution in [3.8, 4) is 0 Å². The Bertz CT molecular complexity index is 193. The zero-order chi connectivity index (χ0) is 7.26. The maximum atomic E-state index is 3.72. The minimum Gasteiger partial charge on any atom is -0.311 e. The molecule has 11 heavy (non-hydrogen) atoms. The molecular formula is C10H15N. The van der Waals surface area contributed by atoms with E-state index in [1.807, 2.05) is 0 Å². The van der Waals surface area contributed by atoms with Gasteiger partial charge in [0.1, 0.15) is 0 Å². The Morgan fingerprint density at radius 3 is 2.91 bits per heavy atom. The van der Waals surface area contributed by atoms with Gasteiger partial charge in [-0.1, -0.05) is 12.2 Å². The Labute approximate surface area is 67.9 Å². The van der Waals surface area contributed by atoms with E-state index in [2.05, 4.69) is 17.5 Å². The van der Waals surface area contributed by atoms with E-state index in [0.29, 0.717) is 0 Å². The summed E-state index contributed by atoms with van der Waals surface area (Å²) in [6.07, 6.45) is 10.4. The lowest BCUT2D eigenvalue weighted by Gasteiger charge is -2.41. The standard InChI is InChI=1S/C10H15N/c1-2-7-6-10(9(7)3-1)11-8-4-5-8/h1-2,7-11H,3-6H2/t7-,9-,10?/m1/s1. The van der Waals surface area contributed by atoms with Gasteiger partial charge in [0.15, 0.2) is 0 Å². The number of rotatable bonds is 2. The van der Waals surface area contributed by atoms with Crippen molar-refractivity contribution in [2.45, 2.75) is 37.8 Å². The van der Waals surface area contributed by atoms with Gasteiger partial charge in [-0.05, 0) is 37.5 Å². The molecule has 0 aromatic heterocycles. The first-order chi connectivity index (χ1) is 5.43. The minimum absolute atomic E-state index is 0.877. The predicted octanol–water partition coefficient (Wildman–Crippen LogP) is 1.70. The van der Waals surface area contributed by atoms with Crippen molar-refractivity contribution in [3.05, 3.63) is 12.2 Å². The first-order valence-electron chi connectivity index (χ1n) is 4.86. The van der Waals surface area contributed by atoms with Gasteiger partial charge in [0, 0.05) is 12.1 Å². The van der Waals surface area contributed by atoms with Crippen LogP contribution in [0.2, 0.25) is 0 Å². The molecule has 1 unspecified atom stereocenters. The van der Waals surface area contributed by atoms with E-state index in [-0.39, 0.29) is 0 Å². The van der Waals surface area contributed by atoms with Crippen molar-refractivity contribution in [1.82, 2.24) is 5.32 Å². The molecule has 0 spiro atoms. The predicted molar refractivity (Wildman–Crippen MR) is 45.3 cm³/mol. The number of nitrogens with one attached hydrogen (secondary N) is 1. The molecule has 1 heteroatoms. The summed E-state index contributed by atoms with van der Waals surface area (Å²) in [5, 5.41) is 3.72. The third-order valence-electron chi connectivity index (χ3n) is 3.41. The van der Waals surface area contributed by atoms with Crippen LogP contribution < -0.4 is 5.32 Å². The van der Waals surface area contributed by atoms with Gasteiger partial charge < -0.3 is 5.32 Å². The second-order valence-electron chi connectivity index (χ2n) is 4.27. The van der Waals surface area contributed by atoms with E-state index in [1.54, 1.807) is 0 Å². The van der Waals surface area contributed by atoms with Crippen LogP contribution in [0.3, 0.4) is 0 Å². The number of allylic oxidation sites excluding steroid dienone is 2. The number of hydrogen-bond acceptors (Lipinski definition) is 1. The normalized spacial score (nSPS) is 47.1. The van der Waals surface area contributed by atoms with E-state index in [0.717, 1.165) is 23.9 Å². The van der Waals surface area contributed by atoms with Crippen molar-refractivity contribution < 1.29 is 0 Å². The quantitative estimate of drug-likeness (QED) is 0.589. The molecule has 2 fully saturated rings. The molecule has 60 valence electrons. The summed E-state index contributed by atoms with van der Waals surface area (Å²) in [7, 11) is 0. The van der Waals surface area contributed by atoms with Crippen molar-refractivity contribution in [2.75, 3.05) is 0 Å². The molecule has 2 saturated carbocycles. The smallest absolute Gasteiger partial charge is 0.0112 e. The summed E-state index contributed by atoms with van der Waals surface area (Å²) in [4.78, 5) is 0. The van der Waals surface area contributed by atoms with Crippen molar-refractivity contribution in [1.29, 1.82) is 0 Å². The lowest BCUT2D eigenvalue weighted by atomic mass is 9.71. The first-order valence-corrected chi connectivity index (χ1v) is 4.86. The Kier molecular flexibility index (Phi) is 1.19. The highest BCUT2D eigenvalue weighted by molar-refractivity contribution is 5.13. The molecule has 1 nitrogen and oxygen atoms in total. The monoisotopic (exact) mass is 149 g/mol. The third kappa shape index (κ3) is 0.943. The van der Waals surface area contributed by atoms with E-state index in [4.69, 9.17) is 0 Å². The van der Waals surface area contributed by atoms with Crippen LogP contribution >= 0.6 is 0 Å². The van der Waals surface area contributed by atoms with Gasteiger partial charge in [0.05, 0.1) is 0 Å². The first kappa shape index (κ1) is 6.24. The van der Waals surface area contributed by atoms with Crippen molar-refractivity contribution in [3.63, 3.8) is 0 Å². The molecular weight excluding hydrogens is 134 g/mol. The molecule has 3 rings (SSSR count). The Morgan fingerprint density at radius 2 is 2.18 bits per heavy atom. The average Bonchev–Trinajstić information content (AvgIpc) is 2.71. The van der Waals surface area contributed by atoms with E-state index in [1.165, 1.54) is 25.7 Å². The van der Waals surface area contributed by atoms with Crippen LogP contribution in [0.4, 0.5) is 0 Å². The highest BCUT2D eigenvalue weighted by Gasteiger charge is 2.42. The van der Waals surface area contributed by atoms with Gasteiger partial charge in [0.2, 0.25) is 0 Å². The van der Waals surface area contributed by atoms with E-state index in [9.17, 15) is 0 Å². The molecule has 0 radical (unpaired) electrons. The van der Waals surface area contributed by atoms with Gasteiger partial charge in [-0.2, -0.15) is 0 Å². The minimum atomic E-state index is 0.877. The number of fused-ring (bicyclic) bond motifs is 1. The maximum absolute atomic E-state index is 3.72. The second kappa shape index (κ2) is 2.10.